The number of hydrogen-bond donors (Lipinski definition) is 0. The van der Waals surface area contributed by atoms with Gasteiger partial charge < -0.3 is 18.9 Å². The molecule has 0 unspecified atom stereocenters. The molecule has 28 rings (SSSR count). The van der Waals surface area contributed by atoms with Crippen molar-refractivity contribution in [3.63, 3.8) is 0 Å². The second-order valence-corrected chi connectivity index (χ2v) is 38.9. The lowest BCUT2D eigenvalue weighted by Crippen LogP contribution is -2.28. The van der Waals surface area contributed by atoms with Gasteiger partial charge in [0.05, 0.1) is 32.9 Å². The topological polar surface area (TPSA) is 16.3 Å². The van der Waals surface area contributed by atoms with Crippen molar-refractivity contribution in [2.75, 3.05) is 9.80 Å². The summed E-state index contributed by atoms with van der Waals surface area (Å²) in [5.74, 6) is 0. The molecule has 26 aromatic rings. The van der Waals surface area contributed by atoms with Gasteiger partial charge in [-0.3, -0.25) is 0 Å². The zero-order chi connectivity index (χ0) is 98.0. The summed E-state index contributed by atoms with van der Waals surface area (Å²) in [5.41, 5.74) is 44.2. The van der Waals surface area contributed by atoms with E-state index in [-0.39, 0.29) is 0 Å². The molecule has 694 valence electrons. The molecule has 4 nitrogen and oxygen atoms in total. The summed E-state index contributed by atoms with van der Waals surface area (Å²) in [4.78, 5) is 4.87. The molecule has 0 fully saturated rings. The first kappa shape index (κ1) is 87.7. The fraction of sp³-hybridized carbons (Fsp3) is 0.0139. The number of fused-ring (bicyclic) bond motifs is 13. The van der Waals surface area contributed by atoms with Crippen LogP contribution in [-0.4, -0.2) is 9.13 Å². The second kappa shape index (κ2) is 37.2. The summed E-state index contributed by atoms with van der Waals surface area (Å²) >= 11 is 0. The van der Waals surface area contributed by atoms with Crippen molar-refractivity contribution in [3.8, 4) is 112 Å². The van der Waals surface area contributed by atoms with Crippen LogP contribution in [0.5, 0.6) is 0 Å². The molecule has 0 saturated heterocycles. The number of benzene rings is 24. The number of para-hydroxylation sites is 2. The lowest BCUT2D eigenvalue weighted by atomic mass is 9.67. The fourth-order valence-corrected chi connectivity index (χ4v) is 23.9. The van der Waals surface area contributed by atoms with Crippen molar-refractivity contribution in [2.24, 2.45) is 0 Å². The quantitative estimate of drug-likeness (QED) is 0.0802. The van der Waals surface area contributed by atoms with Gasteiger partial charge in [0.1, 0.15) is 0 Å². The van der Waals surface area contributed by atoms with Crippen LogP contribution in [0.25, 0.3) is 166 Å². The number of nitrogens with zero attached hydrogens (tertiary/aromatic N) is 4. The van der Waals surface area contributed by atoms with Crippen LogP contribution in [-0.2, 0) is 10.8 Å². The Hall–Kier alpha value is -19.3. The van der Waals surface area contributed by atoms with Crippen molar-refractivity contribution in [1.82, 2.24) is 9.13 Å². The van der Waals surface area contributed by atoms with Crippen LogP contribution >= 0.6 is 0 Å². The summed E-state index contributed by atoms with van der Waals surface area (Å²) < 4.78 is 4.84. The maximum atomic E-state index is 2.46. The van der Waals surface area contributed by atoms with E-state index in [1.165, 1.54) is 177 Å². The zero-order valence-corrected chi connectivity index (χ0v) is 81.4. The summed E-state index contributed by atoms with van der Waals surface area (Å²) in [7, 11) is 0. The second-order valence-electron chi connectivity index (χ2n) is 38.9. The van der Waals surface area contributed by atoms with Gasteiger partial charge in [-0.15, -0.1) is 0 Å². The molecule has 0 saturated carbocycles. The molecule has 4 heteroatoms. The van der Waals surface area contributed by atoms with Crippen LogP contribution in [0.15, 0.2) is 595 Å². The standard InChI is InChI=1S/C73H50N2.C71H48N2/c1-5-19-51(20-6-1)53-35-40-61(41-36-53)74(64-44-46-66-65-31-13-15-33-69(65)73(70(66)50-64,59-26-9-3-10-27-59)60-28-11-4-12-29-60)63-30-18-25-57(48-63)55-23-17-24-56(47-55)58-39-45-68-67-32-14-16-34-71(67)75(72(68)49-58)62-42-37-54(38-43-62)52-21-7-2-8-22-52;1-4-18-49(19-5-1)51-34-38-59(39-35-51)72(62-41-43-64-63-30-12-14-32-67(63)71(68(64)48-62,57-25-6-2-7-26-57)58-27-8-3-9-28-58)60-29-17-24-55(46-60)52-22-16-23-53(44-52)56-37-42-66-65-31-13-15-33-69(65)73(70(66)47-56)61-40-36-50-20-10-11-21-54(50)45-61/h1-50H;1-48H. The van der Waals surface area contributed by atoms with E-state index in [9.17, 15) is 0 Å². The average molecular weight is 1880 g/mol. The number of hydrogen-bond acceptors (Lipinski definition) is 2. The Morgan fingerprint density at radius 3 is 0.811 bits per heavy atom. The molecule has 0 bridgehead atoms. The number of rotatable bonds is 19. The maximum absolute atomic E-state index is 2.46. The number of anilines is 6. The Balaban J connectivity index is 0.000000146. The summed E-state index contributed by atoms with van der Waals surface area (Å²) in [5, 5.41) is 7.45. The van der Waals surface area contributed by atoms with Gasteiger partial charge in [-0.25, -0.2) is 0 Å². The Morgan fingerprint density at radius 2 is 0.405 bits per heavy atom. The van der Waals surface area contributed by atoms with Gasteiger partial charge >= 0.3 is 0 Å². The fourth-order valence-electron chi connectivity index (χ4n) is 23.9. The summed E-state index contributed by atoms with van der Waals surface area (Å²) in [6, 6.07) is 218. The minimum atomic E-state index is -0.528. The zero-order valence-electron chi connectivity index (χ0n) is 81.4. The van der Waals surface area contributed by atoms with E-state index in [0.717, 1.165) is 67.8 Å². The van der Waals surface area contributed by atoms with Crippen molar-refractivity contribution >= 4 is 88.5 Å². The molecule has 0 spiro atoms. The van der Waals surface area contributed by atoms with Gasteiger partial charge in [0.15, 0.2) is 0 Å². The minimum Gasteiger partial charge on any atom is -0.310 e. The monoisotopic (exact) mass is 1880 g/mol. The Morgan fingerprint density at radius 1 is 0.135 bits per heavy atom. The maximum Gasteiger partial charge on any atom is 0.0714 e. The summed E-state index contributed by atoms with van der Waals surface area (Å²) in [6.07, 6.45) is 0. The average Bonchev–Trinajstić information content (AvgIpc) is 1.54. The molecule has 24 aromatic carbocycles. The normalized spacial score (nSPS) is 12.4. The molecule has 0 radical (unpaired) electrons. The minimum absolute atomic E-state index is 0.525. The predicted molar refractivity (Wildman–Crippen MR) is 621 cm³/mol. The SMILES string of the molecule is c1ccc(-c2ccc(N(c3cccc(-c4cccc(-c5ccc6c7ccccc7n(-c7ccc(-c8ccccc8)cc7)c6c5)c4)c3)c3ccc4c(c3)C(c3ccccc3)(c3ccccc3)c3ccccc3-4)cc2)cc1.c1ccc(-c2ccc(N(c3cccc(-c4cccc(-c5ccc6c7ccccc7n(-c7ccc8ccccc8c7)c6c5)c4)c3)c3ccc4c(c3)C(c3ccccc3)(c3ccccc3)c3ccccc3-4)cc2)cc1. The largest absolute Gasteiger partial charge is 0.310 e. The first-order chi connectivity index (χ1) is 73.4. The molecule has 2 aliphatic carbocycles. The van der Waals surface area contributed by atoms with Crippen LogP contribution in [0, 0.1) is 0 Å². The van der Waals surface area contributed by atoms with Crippen LogP contribution < -0.4 is 9.80 Å². The van der Waals surface area contributed by atoms with Crippen molar-refractivity contribution in [2.45, 2.75) is 10.8 Å². The Kier molecular flexibility index (Phi) is 22.1. The smallest absolute Gasteiger partial charge is 0.0714 e. The van der Waals surface area contributed by atoms with Gasteiger partial charge in [-0.05, 0) is 289 Å². The van der Waals surface area contributed by atoms with Crippen LogP contribution in [0.1, 0.15) is 44.5 Å². The highest BCUT2D eigenvalue weighted by Gasteiger charge is 2.48. The molecule has 0 N–H and O–H groups in total. The van der Waals surface area contributed by atoms with E-state index < -0.39 is 10.8 Å². The van der Waals surface area contributed by atoms with E-state index in [1.54, 1.807) is 0 Å². The van der Waals surface area contributed by atoms with Crippen molar-refractivity contribution in [3.05, 3.63) is 639 Å². The first-order valence-electron chi connectivity index (χ1n) is 51.1. The molecular formula is C144H98N4. The molecule has 0 aliphatic heterocycles. The molecule has 2 aliphatic rings. The van der Waals surface area contributed by atoms with Crippen LogP contribution in [0.4, 0.5) is 34.1 Å². The molecular weight excluding hydrogens is 1790 g/mol. The van der Waals surface area contributed by atoms with E-state index in [1.807, 2.05) is 0 Å². The van der Waals surface area contributed by atoms with Gasteiger partial charge in [0.25, 0.3) is 0 Å². The lowest BCUT2D eigenvalue weighted by Gasteiger charge is -2.35. The molecule has 2 heterocycles. The third kappa shape index (κ3) is 15.2. The molecule has 0 atom stereocenters. The Bertz CT molecular complexity index is 9410. The number of aromatic nitrogens is 2. The van der Waals surface area contributed by atoms with Gasteiger partial charge in [0, 0.05) is 67.0 Å². The van der Waals surface area contributed by atoms with Crippen LogP contribution in [0.2, 0.25) is 0 Å². The van der Waals surface area contributed by atoms with Crippen LogP contribution in [0.3, 0.4) is 0 Å². The Labute approximate surface area is 862 Å². The summed E-state index contributed by atoms with van der Waals surface area (Å²) in [6.45, 7) is 0. The van der Waals surface area contributed by atoms with Gasteiger partial charge in [-0.2, -0.15) is 0 Å². The molecule has 0 amide bonds. The van der Waals surface area contributed by atoms with Gasteiger partial charge in [-0.1, -0.05) is 461 Å². The first-order valence-corrected chi connectivity index (χ1v) is 51.1. The van der Waals surface area contributed by atoms with Gasteiger partial charge in [0.2, 0.25) is 0 Å². The van der Waals surface area contributed by atoms with Crippen molar-refractivity contribution < 1.29 is 0 Å². The third-order valence-corrected chi connectivity index (χ3v) is 30.7. The highest BCUT2D eigenvalue weighted by molar-refractivity contribution is 6.12. The molecule has 148 heavy (non-hydrogen) atoms. The predicted octanol–water partition coefficient (Wildman–Crippen LogP) is 38.1. The van der Waals surface area contributed by atoms with E-state index in [0.29, 0.717) is 0 Å². The van der Waals surface area contributed by atoms with E-state index in [4.69, 9.17) is 0 Å². The highest BCUT2D eigenvalue weighted by Crippen LogP contribution is 2.60. The van der Waals surface area contributed by atoms with E-state index in [2.05, 4.69) is 613 Å². The third-order valence-electron chi connectivity index (χ3n) is 30.7. The van der Waals surface area contributed by atoms with Crippen molar-refractivity contribution in [1.29, 1.82) is 0 Å². The molecule has 2 aromatic heterocycles. The van der Waals surface area contributed by atoms with E-state index >= 15 is 0 Å². The lowest BCUT2D eigenvalue weighted by molar-refractivity contribution is 0.768. The highest BCUT2D eigenvalue weighted by atomic mass is 15.1.